The molecule has 1 N–H and O–H groups in total. The summed E-state index contributed by atoms with van der Waals surface area (Å²) in [6, 6.07) is 8.43. The second-order valence-corrected chi connectivity index (χ2v) is 6.25. The smallest absolute Gasteiger partial charge is 0.0923 e. The van der Waals surface area contributed by atoms with Gasteiger partial charge in [-0.15, -0.1) is 11.3 Å². The third kappa shape index (κ3) is 2.07. The predicted octanol–water partition coefficient (Wildman–Crippen LogP) is 3.20. The summed E-state index contributed by atoms with van der Waals surface area (Å²) in [5.41, 5.74) is 0.486. The highest BCUT2D eigenvalue weighted by molar-refractivity contribution is 7.17. The molecule has 1 aromatic carbocycles. The van der Waals surface area contributed by atoms with E-state index in [9.17, 15) is 5.11 Å². The molecule has 96 valence electrons. The third-order valence-electron chi connectivity index (χ3n) is 4.02. The van der Waals surface area contributed by atoms with Crippen LogP contribution in [0.2, 0.25) is 0 Å². The monoisotopic (exact) mass is 261 g/mol. The second-order valence-electron chi connectivity index (χ2n) is 5.33. The summed E-state index contributed by atoms with van der Waals surface area (Å²) in [5.74, 6) is 0. The molecule has 1 aliphatic heterocycles. The van der Waals surface area contributed by atoms with Crippen LogP contribution in [0.5, 0.6) is 0 Å². The summed E-state index contributed by atoms with van der Waals surface area (Å²) in [4.78, 5) is 2.31. The molecule has 2 nitrogen and oxygen atoms in total. The van der Waals surface area contributed by atoms with Gasteiger partial charge in [0.25, 0.3) is 0 Å². The first kappa shape index (κ1) is 12.2. The van der Waals surface area contributed by atoms with Crippen LogP contribution in [0.1, 0.15) is 24.8 Å². The van der Waals surface area contributed by atoms with Crippen molar-refractivity contribution < 1.29 is 5.11 Å². The Hall–Kier alpha value is -0.900. The molecule has 2 aromatic rings. The summed E-state index contributed by atoms with van der Waals surface area (Å²) >= 11 is 1.74. The number of nitrogens with zero attached hydrogens (tertiary/aromatic N) is 1. The van der Waals surface area contributed by atoms with E-state index in [0.29, 0.717) is 0 Å². The average Bonchev–Trinajstić information content (AvgIpc) is 2.77. The average molecular weight is 261 g/mol. The van der Waals surface area contributed by atoms with Crippen molar-refractivity contribution in [3.63, 3.8) is 0 Å². The van der Waals surface area contributed by atoms with Gasteiger partial charge in [-0.05, 0) is 49.7 Å². The van der Waals surface area contributed by atoms with E-state index in [0.717, 1.165) is 37.9 Å². The fourth-order valence-corrected chi connectivity index (χ4v) is 3.89. The van der Waals surface area contributed by atoms with Crippen LogP contribution in [0.4, 0.5) is 0 Å². The Labute approximate surface area is 112 Å². The highest BCUT2D eigenvalue weighted by atomic mass is 32.1. The van der Waals surface area contributed by atoms with Crippen molar-refractivity contribution in [2.75, 3.05) is 20.1 Å². The Morgan fingerprint density at radius 3 is 3.00 bits per heavy atom. The summed E-state index contributed by atoms with van der Waals surface area (Å²) in [5, 5.41) is 14.4. The number of aliphatic hydroxyl groups is 1. The molecule has 1 atom stereocenters. The van der Waals surface area contributed by atoms with Crippen molar-refractivity contribution in [3.05, 3.63) is 35.2 Å². The topological polar surface area (TPSA) is 23.5 Å². The number of rotatable bonds is 1. The molecule has 1 aromatic heterocycles. The lowest BCUT2D eigenvalue weighted by atomic mass is 9.86. The zero-order valence-electron chi connectivity index (χ0n) is 10.7. The molecule has 1 unspecified atom stereocenters. The molecule has 0 saturated carbocycles. The minimum atomic E-state index is -0.644. The molecule has 0 spiro atoms. The van der Waals surface area contributed by atoms with Gasteiger partial charge in [-0.25, -0.2) is 0 Å². The van der Waals surface area contributed by atoms with Crippen molar-refractivity contribution in [1.82, 2.24) is 4.90 Å². The van der Waals surface area contributed by atoms with Gasteiger partial charge in [0.2, 0.25) is 0 Å². The zero-order chi connectivity index (χ0) is 12.6. The molecule has 0 amide bonds. The summed E-state index contributed by atoms with van der Waals surface area (Å²) in [7, 11) is 2.14. The Kier molecular flexibility index (Phi) is 3.14. The van der Waals surface area contributed by atoms with Crippen LogP contribution < -0.4 is 0 Å². The van der Waals surface area contributed by atoms with Crippen LogP contribution in [-0.2, 0) is 5.60 Å². The standard InChI is InChI=1S/C15H19NOS/c1-16-9-3-7-15(17,8-10-16)13-5-2-4-12-6-11-18-14(12)13/h2,4-6,11,17H,3,7-10H2,1H3. The molecule has 2 heterocycles. The van der Waals surface area contributed by atoms with E-state index >= 15 is 0 Å². The molecule has 0 aliphatic carbocycles. The number of benzene rings is 1. The van der Waals surface area contributed by atoms with E-state index in [1.807, 2.05) is 0 Å². The minimum Gasteiger partial charge on any atom is -0.385 e. The first-order valence-corrected chi connectivity index (χ1v) is 7.45. The van der Waals surface area contributed by atoms with E-state index in [2.05, 4.69) is 41.6 Å². The normalized spacial score (nSPS) is 26.3. The number of hydrogen-bond donors (Lipinski definition) is 1. The molecule has 3 heteroatoms. The van der Waals surface area contributed by atoms with Gasteiger partial charge in [0.05, 0.1) is 5.60 Å². The first-order valence-electron chi connectivity index (χ1n) is 6.57. The summed E-state index contributed by atoms with van der Waals surface area (Å²) in [6.07, 6.45) is 2.77. The largest absolute Gasteiger partial charge is 0.385 e. The van der Waals surface area contributed by atoms with Gasteiger partial charge >= 0.3 is 0 Å². The maximum Gasteiger partial charge on any atom is 0.0923 e. The number of fused-ring (bicyclic) bond motifs is 1. The fraction of sp³-hybridized carbons (Fsp3) is 0.467. The Morgan fingerprint density at radius 2 is 2.11 bits per heavy atom. The lowest BCUT2D eigenvalue weighted by Crippen LogP contribution is -2.27. The van der Waals surface area contributed by atoms with Gasteiger partial charge < -0.3 is 10.0 Å². The van der Waals surface area contributed by atoms with Gasteiger partial charge in [0.1, 0.15) is 0 Å². The number of likely N-dealkylation sites (tertiary alicyclic amines) is 1. The van der Waals surface area contributed by atoms with Crippen molar-refractivity contribution in [2.24, 2.45) is 0 Å². The van der Waals surface area contributed by atoms with Crippen molar-refractivity contribution >= 4 is 21.4 Å². The predicted molar refractivity (Wildman–Crippen MR) is 77.1 cm³/mol. The molecule has 1 saturated heterocycles. The van der Waals surface area contributed by atoms with Crippen molar-refractivity contribution in [3.8, 4) is 0 Å². The molecular formula is C15H19NOS. The van der Waals surface area contributed by atoms with Crippen LogP contribution in [0.3, 0.4) is 0 Å². The van der Waals surface area contributed by atoms with Crippen LogP contribution in [0.15, 0.2) is 29.6 Å². The minimum absolute atomic E-state index is 0.644. The highest BCUT2D eigenvalue weighted by Crippen LogP contribution is 2.38. The molecule has 3 rings (SSSR count). The van der Waals surface area contributed by atoms with Gasteiger partial charge in [-0.2, -0.15) is 0 Å². The number of hydrogen-bond acceptors (Lipinski definition) is 3. The fourth-order valence-electron chi connectivity index (χ4n) is 2.88. The van der Waals surface area contributed by atoms with E-state index in [-0.39, 0.29) is 0 Å². The SMILES string of the molecule is CN1CCCC(O)(c2cccc3ccsc23)CC1. The molecule has 0 radical (unpaired) electrons. The Morgan fingerprint density at radius 1 is 1.22 bits per heavy atom. The van der Waals surface area contributed by atoms with Gasteiger partial charge in [0, 0.05) is 16.8 Å². The van der Waals surface area contributed by atoms with Gasteiger partial charge in [0.15, 0.2) is 0 Å². The Bertz CT molecular complexity index is 550. The molecule has 1 fully saturated rings. The molecular weight excluding hydrogens is 242 g/mol. The van der Waals surface area contributed by atoms with E-state index in [1.165, 1.54) is 10.1 Å². The van der Waals surface area contributed by atoms with E-state index in [1.54, 1.807) is 11.3 Å². The van der Waals surface area contributed by atoms with E-state index < -0.39 is 5.60 Å². The summed E-state index contributed by atoms with van der Waals surface area (Å²) in [6.45, 7) is 2.06. The maximum atomic E-state index is 11.0. The lowest BCUT2D eigenvalue weighted by molar-refractivity contribution is 0.0234. The van der Waals surface area contributed by atoms with Crippen LogP contribution in [0.25, 0.3) is 10.1 Å². The number of thiophene rings is 1. The van der Waals surface area contributed by atoms with E-state index in [4.69, 9.17) is 0 Å². The molecule has 18 heavy (non-hydrogen) atoms. The molecule has 0 bridgehead atoms. The van der Waals surface area contributed by atoms with Crippen LogP contribution >= 0.6 is 11.3 Å². The van der Waals surface area contributed by atoms with Crippen molar-refractivity contribution in [2.45, 2.75) is 24.9 Å². The Balaban J connectivity index is 2.04. The van der Waals surface area contributed by atoms with Crippen LogP contribution in [-0.4, -0.2) is 30.1 Å². The highest BCUT2D eigenvalue weighted by Gasteiger charge is 2.32. The lowest BCUT2D eigenvalue weighted by Gasteiger charge is -2.27. The second kappa shape index (κ2) is 4.65. The third-order valence-corrected chi connectivity index (χ3v) is 4.98. The quantitative estimate of drug-likeness (QED) is 0.852. The van der Waals surface area contributed by atoms with Crippen LogP contribution in [0, 0.1) is 0 Å². The maximum absolute atomic E-state index is 11.0. The summed E-state index contributed by atoms with van der Waals surface area (Å²) < 4.78 is 1.25. The first-order chi connectivity index (χ1) is 8.69. The zero-order valence-corrected chi connectivity index (χ0v) is 11.5. The van der Waals surface area contributed by atoms with Gasteiger partial charge in [-0.1, -0.05) is 18.2 Å². The van der Waals surface area contributed by atoms with Gasteiger partial charge in [-0.3, -0.25) is 0 Å². The van der Waals surface area contributed by atoms with Crippen molar-refractivity contribution in [1.29, 1.82) is 0 Å². The molecule has 1 aliphatic rings.